The first-order valence-electron chi connectivity index (χ1n) is 7.37. The zero-order chi connectivity index (χ0) is 15.7. The Bertz CT molecular complexity index is 850. The molecule has 1 N–H and O–H groups in total. The molecule has 0 amide bonds. The molecule has 128 valence electrons. The highest BCUT2D eigenvalue weighted by Crippen LogP contribution is 2.31. The monoisotopic (exact) mass is 364 g/mol. The van der Waals surface area contributed by atoms with Crippen molar-refractivity contribution in [3.05, 3.63) is 59.3 Å². The van der Waals surface area contributed by atoms with Crippen molar-refractivity contribution in [2.75, 3.05) is 12.4 Å². The van der Waals surface area contributed by atoms with E-state index in [2.05, 4.69) is 54.5 Å². The summed E-state index contributed by atoms with van der Waals surface area (Å²) >= 11 is 0. The van der Waals surface area contributed by atoms with Gasteiger partial charge in [-0.25, -0.2) is 4.98 Å². The van der Waals surface area contributed by atoms with Crippen LogP contribution in [0, 0.1) is 20.8 Å². The fourth-order valence-corrected chi connectivity index (χ4v) is 2.59. The van der Waals surface area contributed by atoms with Gasteiger partial charge in [-0.1, -0.05) is 18.2 Å². The Morgan fingerprint density at radius 2 is 1.67 bits per heavy atom. The van der Waals surface area contributed by atoms with Crippen LogP contribution in [0.15, 0.2) is 42.5 Å². The molecule has 24 heavy (non-hydrogen) atoms. The topological polar surface area (TPSA) is 34.1 Å². The fourth-order valence-electron chi connectivity index (χ4n) is 2.59. The Labute approximate surface area is 155 Å². The number of nitrogens with one attached hydrogen (secondary N) is 1. The number of benzene rings is 2. The predicted octanol–water partition coefficient (Wildman–Crippen LogP) is 5.76. The maximum atomic E-state index is 5.43. The average molecular weight is 365 g/mol. The first-order chi connectivity index (χ1) is 10.6. The van der Waals surface area contributed by atoms with Crippen LogP contribution in [-0.2, 0) is 0 Å². The van der Waals surface area contributed by atoms with E-state index in [1.54, 1.807) is 7.11 Å². The van der Waals surface area contributed by atoms with Crippen molar-refractivity contribution in [2.45, 2.75) is 20.8 Å². The third kappa shape index (κ3) is 3.92. The highest BCUT2D eigenvalue weighted by atomic mass is 35.5. The van der Waals surface area contributed by atoms with Crippen LogP contribution in [0.2, 0.25) is 0 Å². The number of methoxy groups -OCH3 is 1. The summed E-state index contributed by atoms with van der Waals surface area (Å²) in [4.78, 5) is 4.62. The van der Waals surface area contributed by atoms with Gasteiger partial charge < -0.3 is 10.1 Å². The first-order valence-corrected chi connectivity index (χ1v) is 7.37. The highest BCUT2D eigenvalue weighted by molar-refractivity contribution is 5.96. The summed E-state index contributed by atoms with van der Waals surface area (Å²) in [6, 6.07) is 14.5. The summed E-state index contributed by atoms with van der Waals surface area (Å²) < 4.78 is 5.43. The highest BCUT2D eigenvalue weighted by Gasteiger charge is 2.09. The lowest BCUT2D eigenvalue weighted by molar-refractivity contribution is 0.419. The van der Waals surface area contributed by atoms with Gasteiger partial charge in [0.05, 0.1) is 7.11 Å². The maximum Gasteiger partial charge on any atom is 0.145 e. The standard InChI is InChI=1S/C19H20N2O.2ClH/c1-12-8-9-15(10-13(12)2)21-17-11-14(3)20-19-16(17)6-5-7-18(19)22-4;;/h5-11H,1-4H3,(H,20,21);2*1H. The summed E-state index contributed by atoms with van der Waals surface area (Å²) in [6.45, 7) is 6.24. The number of aryl methyl sites for hydroxylation is 3. The minimum atomic E-state index is 0. The van der Waals surface area contributed by atoms with Crippen molar-refractivity contribution < 1.29 is 4.74 Å². The number of rotatable bonds is 3. The molecule has 0 radical (unpaired) electrons. The Kier molecular flexibility index (Phi) is 6.88. The first kappa shape index (κ1) is 20.1. The van der Waals surface area contributed by atoms with Gasteiger partial charge >= 0.3 is 0 Å². The molecule has 1 heterocycles. The van der Waals surface area contributed by atoms with Gasteiger partial charge in [0.1, 0.15) is 11.3 Å². The Balaban J connectivity index is 0.00000144. The number of para-hydroxylation sites is 1. The number of anilines is 2. The summed E-state index contributed by atoms with van der Waals surface area (Å²) in [5.41, 5.74) is 6.54. The van der Waals surface area contributed by atoms with Crippen molar-refractivity contribution in [1.82, 2.24) is 4.98 Å². The molecule has 3 rings (SSSR count). The van der Waals surface area contributed by atoms with Crippen molar-refractivity contribution in [3.63, 3.8) is 0 Å². The summed E-state index contributed by atoms with van der Waals surface area (Å²) in [5.74, 6) is 0.796. The molecule has 2 aromatic carbocycles. The van der Waals surface area contributed by atoms with Gasteiger partial charge in [0.25, 0.3) is 0 Å². The van der Waals surface area contributed by atoms with Gasteiger partial charge in [0, 0.05) is 22.5 Å². The zero-order valence-electron chi connectivity index (χ0n) is 14.2. The van der Waals surface area contributed by atoms with E-state index in [4.69, 9.17) is 4.74 Å². The van der Waals surface area contributed by atoms with E-state index in [0.717, 1.165) is 33.7 Å². The van der Waals surface area contributed by atoms with Crippen LogP contribution < -0.4 is 10.1 Å². The van der Waals surface area contributed by atoms with E-state index >= 15 is 0 Å². The third-order valence-corrected chi connectivity index (χ3v) is 3.94. The van der Waals surface area contributed by atoms with Gasteiger partial charge in [0.2, 0.25) is 0 Å². The molecule has 0 aliphatic rings. The quantitative estimate of drug-likeness (QED) is 0.641. The summed E-state index contributed by atoms with van der Waals surface area (Å²) in [5, 5.41) is 4.57. The van der Waals surface area contributed by atoms with Crippen LogP contribution in [0.25, 0.3) is 10.9 Å². The molecule has 3 nitrogen and oxygen atoms in total. The lowest BCUT2D eigenvalue weighted by atomic mass is 10.1. The van der Waals surface area contributed by atoms with Crippen molar-refractivity contribution in [1.29, 1.82) is 0 Å². The molecular formula is C19H22Cl2N2O. The number of fused-ring (bicyclic) bond motifs is 1. The number of hydrogen-bond acceptors (Lipinski definition) is 3. The second kappa shape index (κ2) is 8.22. The zero-order valence-corrected chi connectivity index (χ0v) is 15.8. The molecule has 1 aromatic heterocycles. The summed E-state index contributed by atoms with van der Waals surface area (Å²) in [7, 11) is 1.68. The van der Waals surface area contributed by atoms with Gasteiger partial charge in [-0.3, -0.25) is 0 Å². The number of ether oxygens (including phenoxy) is 1. The van der Waals surface area contributed by atoms with Crippen molar-refractivity contribution in [3.8, 4) is 5.75 Å². The minimum Gasteiger partial charge on any atom is -0.494 e. The van der Waals surface area contributed by atoms with Gasteiger partial charge in [-0.2, -0.15) is 0 Å². The number of aromatic nitrogens is 1. The van der Waals surface area contributed by atoms with E-state index in [1.165, 1.54) is 11.1 Å². The molecule has 0 unspecified atom stereocenters. The van der Waals surface area contributed by atoms with Gasteiger partial charge in [0.15, 0.2) is 0 Å². The molecule has 3 aromatic rings. The van der Waals surface area contributed by atoms with Crippen LogP contribution >= 0.6 is 24.8 Å². The molecule has 0 saturated heterocycles. The normalized spacial score (nSPS) is 9.83. The average Bonchev–Trinajstić information content (AvgIpc) is 2.50. The lowest BCUT2D eigenvalue weighted by Crippen LogP contribution is -1.97. The molecule has 0 fully saturated rings. The van der Waals surface area contributed by atoms with Crippen LogP contribution in [0.3, 0.4) is 0 Å². The molecule has 0 bridgehead atoms. The predicted molar refractivity (Wildman–Crippen MR) is 107 cm³/mol. The second-order valence-corrected chi connectivity index (χ2v) is 5.59. The maximum absolute atomic E-state index is 5.43. The minimum absolute atomic E-state index is 0. The molecule has 0 aliphatic carbocycles. The van der Waals surface area contributed by atoms with E-state index < -0.39 is 0 Å². The smallest absolute Gasteiger partial charge is 0.145 e. The van der Waals surface area contributed by atoms with E-state index in [1.807, 2.05) is 19.1 Å². The van der Waals surface area contributed by atoms with E-state index in [-0.39, 0.29) is 24.8 Å². The van der Waals surface area contributed by atoms with Crippen LogP contribution in [0.4, 0.5) is 11.4 Å². The third-order valence-electron chi connectivity index (χ3n) is 3.94. The number of hydrogen-bond donors (Lipinski definition) is 1. The fraction of sp³-hybridized carbons (Fsp3) is 0.211. The SMILES string of the molecule is COc1cccc2c(Nc3ccc(C)c(C)c3)cc(C)nc12.Cl.Cl. The van der Waals surface area contributed by atoms with Crippen molar-refractivity contribution >= 4 is 47.1 Å². The second-order valence-electron chi connectivity index (χ2n) is 5.59. The number of nitrogens with zero attached hydrogens (tertiary/aromatic N) is 1. The summed E-state index contributed by atoms with van der Waals surface area (Å²) in [6.07, 6.45) is 0. The van der Waals surface area contributed by atoms with Crippen LogP contribution in [0.5, 0.6) is 5.75 Å². The van der Waals surface area contributed by atoms with E-state index in [0.29, 0.717) is 0 Å². The van der Waals surface area contributed by atoms with E-state index in [9.17, 15) is 0 Å². The molecule has 0 spiro atoms. The Morgan fingerprint density at radius 1 is 0.917 bits per heavy atom. The number of halogens is 2. The van der Waals surface area contributed by atoms with Gasteiger partial charge in [-0.05, 0) is 56.2 Å². The molecule has 0 saturated carbocycles. The van der Waals surface area contributed by atoms with Crippen LogP contribution in [-0.4, -0.2) is 12.1 Å². The molecular weight excluding hydrogens is 343 g/mol. The Morgan fingerprint density at radius 3 is 2.33 bits per heavy atom. The lowest BCUT2D eigenvalue weighted by Gasteiger charge is -2.13. The number of pyridine rings is 1. The van der Waals surface area contributed by atoms with Crippen LogP contribution in [0.1, 0.15) is 16.8 Å². The molecule has 5 heteroatoms. The Hall–Kier alpha value is -1.97. The van der Waals surface area contributed by atoms with Gasteiger partial charge in [-0.15, -0.1) is 24.8 Å². The van der Waals surface area contributed by atoms with Crippen molar-refractivity contribution in [2.24, 2.45) is 0 Å². The largest absolute Gasteiger partial charge is 0.494 e. The molecule has 0 aliphatic heterocycles. The molecule has 0 atom stereocenters.